The summed E-state index contributed by atoms with van der Waals surface area (Å²) in [6.07, 6.45) is 3.93. The van der Waals surface area contributed by atoms with Crippen molar-refractivity contribution in [2.75, 3.05) is 0 Å². The Balaban J connectivity index is 1.94. The molecule has 1 aromatic heterocycles. The maximum Gasteiger partial charge on any atom is 0.124 e. The lowest BCUT2D eigenvalue weighted by atomic mass is 10.2. The van der Waals surface area contributed by atoms with E-state index in [9.17, 15) is 4.39 Å². The molecule has 0 bridgehead atoms. The molecule has 2 nitrogen and oxygen atoms in total. The molecule has 84 valence electrons. The van der Waals surface area contributed by atoms with Crippen LogP contribution in [0.1, 0.15) is 19.3 Å². The van der Waals surface area contributed by atoms with Crippen molar-refractivity contribution >= 4 is 33.5 Å². The highest BCUT2D eigenvalue weighted by Gasteiger charge is 2.21. The Labute approximate surface area is 107 Å². The van der Waals surface area contributed by atoms with Gasteiger partial charge in [-0.25, -0.2) is 4.39 Å². The predicted molar refractivity (Wildman–Crippen MR) is 69.7 cm³/mol. The SMILES string of the molecule is Fc1ccc2nn(CCC3CC3)c(I)c2c1. The van der Waals surface area contributed by atoms with Gasteiger partial charge in [0.2, 0.25) is 0 Å². The lowest BCUT2D eigenvalue weighted by Crippen LogP contribution is -2.02. The number of hydrogen-bond acceptors (Lipinski definition) is 1. The Hall–Kier alpha value is -0.650. The molecule has 0 unspecified atom stereocenters. The molecule has 2 aromatic rings. The first-order valence-electron chi connectivity index (χ1n) is 5.55. The van der Waals surface area contributed by atoms with Crippen molar-refractivity contribution < 1.29 is 4.39 Å². The number of aromatic nitrogens is 2. The third-order valence-electron chi connectivity index (χ3n) is 3.08. The van der Waals surface area contributed by atoms with Crippen LogP contribution in [0, 0.1) is 15.4 Å². The van der Waals surface area contributed by atoms with Gasteiger partial charge in [-0.15, -0.1) is 0 Å². The lowest BCUT2D eigenvalue weighted by molar-refractivity contribution is 0.541. The van der Waals surface area contributed by atoms with Crippen LogP contribution in [0.5, 0.6) is 0 Å². The van der Waals surface area contributed by atoms with Crippen molar-refractivity contribution in [2.24, 2.45) is 5.92 Å². The third-order valence-corrected chi connectivity index (χ3v) is 4.22. The summed E-state index contributed by atoms with van der Waals surface area (Å²) < 4.78 is 16.2. The summed E-state index contributed by atoms with van der Waals surface area (Å²) in [5.41, 5.74) is 0.890. The average molecular weight is 330 g/mol. The highest BCUT2D eigenvalue weighted by atomic mass is 127. The van der Waals surface area contributed by atoms with Gasteiger partial charge in [-0.2, -0.15) is 5.10 Å². The van der Waals surface area contributed by atoms with Gasteiger partial charge < -0.3 is 0 Å². The summed E-state index contributed by atoms with van der Waals surface area (Å²) in [5.74, 6) is 0.715. The molecule has 1 heterocycles. The topological polar surface area (TPSA) is 17.8 Å². The number of nitrogens with zero attached hydrogens (tertiary/aromatic N) is 2. The molecular weight excluding hydrogens is 318 g/mol. The van der Waals surface area contributed by atoms with Crippen molar-refractivity contribution in [1.29, 1.82) is 0 Å². The highest BCUT2D eigenvalue weighted by molar-refractivity contribution is 14.1. The van der Waals surface area contributed by atoms with E-state index in [2.05, 4.69) is 27.7 Å². The summed E-state index contributed by atoms with van der Waals surface area (Å²) >= 11 is 2.25. The maximum absolute atomic E-state index is 13.1. The molecule has 0 atom stereocenters. The number of halogens is 2. The molecule has 0 spiro atoms. The lowest BCUT2D eigenvalue weighted by Gasteiger charge is -2.01. The van der Waals surface area contributed by atoms with Gasteiger partial charge in [-0.3, -0.25) is 4.68 Å². The number of benzene rings is 1. The van der Waals surface area contributed by atoms with Gasteiger partial charge in [0, 0.05) is 11.9 Å². The van der Waals surface area contributed by atoms with Crippen LogP contribution in [-0.2, 0) is 6.54 Å². The van der Waals surface area contributed by atoms with E-state index in [0.717, 1.165) is 27.1 Å². The normalized spacial score (nSPS) is 15.9. The van der Waals surface area contributed by atoms with E-state index in [-0.39, 0.29) is 5.82 Å². The number of aryl methyl sites for hydroxylation is 1. The number of rotatable bonds is 3. The summed E-state index contributed by atoms with van der Waals surface area (Å²) in [6, 6.07) is 4.79. The van der Waals surface area contributed by atoms with Crippen molar-refractivity contribution in [1.82, 2.24) is 9.78 Å². The highest BCUT2D eigenvalue weighted by Crippen LogP contribution is 2.33. The minimum absolute atomic E-state index is 0.188. The molecule has 0 aliphatic heterocycles. The summed E-state index contributed by atoms with van der Waals surface area (Å²) in [6.45, 7) is 0.958. The predicted octanol–water partition coefficient (Wildman–Crippen LogP) is 3.58. The van der Waals surface area contributed by atoms with Crippen molar-refractivity contribution in [2.45, 2.75) is 25.8 Å². The zero-order valence-electron chi connectivity index (χ0n) is 8.79. The first-order chi connectivity index (χ1) is 7.74. The molecule has 1 fully saturated rings. The fourth-order valence-corrected chi connectivity index (χ4v) is 2.71. The molecule has 1 aliphatic carbocycles. The largest absolute Gasteiger partial charge is 0.258 e. The molecule has 16 heavy (non-hydrogen) atoms. The van der Waals surface area contributed by atoms with Crippen LogP contribution in [-0.4, -0.2) is 9.78 Å². The van der Waals surface area contributed by atoms with Crippen LogP contribution in [0.25, 0.3) is 10.9 Å². The Morgan fingerprint density at radius 1 is 1.44 bits per heavy atom. The second kappa shape index (κ2) is 3.98. The van der Waals surface area contributed by atoms with Gasteiger partial charge in [0.25, 0.3) is 0 Å². The zero-order chi connectivity index (χ0) is 11.1. The Kier molecular flexibility index (Phi) is 2.61. The standard InChI is InChI=1S/C12H12FIN2/c13-9-3-4-11-10(7-9)12(14)16(15-11)6-5-8-1-2-8/h3-4,7-8H,1-2,5-6H2. The molecule has 0 saturated heterocycles. The van der Waals surface area contributed by atoms with Crippen LogP contribution in [0.2, 0.25) is 0 Å². The minimum atomic E-state index is -0.188. The number of hydrogen-bond donors (Lipinski definition) is 0. The molecule has 1 saturated carbocycles. The van der Waals surface area contributed by atoms with Gasteiger partial charge in [-0.1, -0.05) is 12.8 Å². The van der Waals surface area contributed by atoms with Crippen molar-refractivity contribution in [3.05, 3.63) is 27.7 Å². The van der Waals surface area contributed by atoms with Crippen molar-refractivity contribution in [3.63, 3.8) is 0 Å². The fourth-order valence-electron chi connectivity index (χ4n) is 1.93. The summed E-state index contributed by atoms with van der Waals surface area (Å²) in [5, 5.41) is 5.42. The van der Waals surface area contributed by atoms with Crippen LogP contribution in [0.3, 0.4) is 0 Å². The van der Waals surface area contributed by atoms with Crippen LogP contribution < -0.4 is 0 Å². The molecule has 0 N–H and O–H groups in total. The van der Waals surface area contributed by atoms with E-state index >= 15 is 0 Å². The zero-order valence-corrected chi connectivity index (χ0v) is 10.9. The second-order valence-electron chi connectivity index (χ2n) is 4.41. The van der Waals surface area contributed by atoms with E-state index in [4.69, 9.17) is 0 Å². The van der Waals surface area contributed by atoms with E-state index in [1.54, 1.807) is 12.1 Å². The van der Waals surface area contributed by atoms with Gasteiger partial charge in [0.05, 0.1) is 5.52 Å². The summed E-state index contributed by atoms with van der Waals surface area (Å²) in [7, 11) is 0. The number of fused-ring (bicyclic) bond motifs is 1. The van der Waals surface area contributed by atoms with E-state index in [1.165, 1.54) is 25.3 Å². The quantitative estimate of drug-likeness (QED) is 0.787. The van der Waals surface area contributed by atoms with Crippen LogP contribution in [0.4, 0.5) is 4.39 Å². The Morgan fingerprint density at radius 3 is 3.00 bits per heavy atom. The fraction of sp³-hybridized carbons (Fsp3) is 0.417. The smallest absolute Gasteiger partial charge is 0.124 e. The third kappa shape index (κ3) is 1.95. The molecule has 0 radical (unpaired) electrons. The molecule has 1 aromatic carbocycles. The van der Waals surface area contributed by atoms with Gasteiger partial charge in [-0.05, 0) is 53.1 Å². The molecule has 1 aliphatic rings. The Bertz CT molecular complexity index is 531. The molecule has 0 amide bonds. The van der Waals surface area contributed by atoms with Crippen molar-refractivity contribution in [3.8, 4) is 0 Å². The van der Waals surface area contributed by atoms with Gasteiger partial charge >= 0.3 is 0 Å². The van der Waals surface area contributed by atoms with Crippen LogP contribution >= 0.6 is 22.6 Å². The first-order valence-corrected chi connectivity index (χ1v) is 6.63. The molecule has 3 rings (SSSR count). The molecule has 4 heteroatoms. The monoisotopic (exact) mass is 330 g/mol. The van der Waals surface area contributed by atoms with E-state index in [0.29, 0.717) is 0 Å². The minimum Gasteiger partial charge on any atom is -0.258 e. The Morgan fingerprint density at radius 2 is 2.25 bits per heavy atom. The molecular formula is C12H12FIN2. The second-order valence-corrected chi connectivity index (χ2v) is 5.43. The first kappa shape index (κ1) is 10.5. The van der Waals surface area contributed by atoms with E-state index < -0.39 is 0 Å². The van der Waals surface area contributed by atoms with Crippen LogP contribution in [0.15, 0.2) is 18.2 Å². The average Bonchev–Trinajstić information content (AvgIpc) is 3.04. The van der Waals surface area contributed by atoms with Gasteiger partial charge in [0.15, 0.2) is 0 Å². The summed E-state index contributed by atoms with van der Waals surface area (Å²) in [4.78, 5) is 0. The maximum atomic E-state index is 13.1. The van der Waals surface area contributed by atoms with E-state index in [1.807, 2.05) is 4.68 Å². The van der Waals surface area contributed by atoms with Gasteiger partial charge in [0.1, 0.15) is 9.52 Å².